The average molecular weight is 379 g/mol. The number of β-lactam (4-membered cyclic amide) rings is 1. The summed E-state index contributed by atoms with van der Waals surface area (Å²) in [5.74, 6) is -1.74. The van der Waals surface area contributed by atoms with E-state index in [9.17, 15) is 19.8 Å². The number of halogens is 3. The number of hydrogen-bond donors (Lipinski definition) is 2. The largest absolute Gasteiger partial charge is 0.480 e. The van der Waals surface area contributed by atoms with Gasteiger partial charge in [-0.25, -0.2) is 4.79 Å². The van der Waals surface area contributed by atoms with Gasteiger partial charge in [0, 0.05) is 4.75 Å². The number of aliphatic carboxylic acids is 1. The smallest absolute Gasteiger partial charge is 0.327 e. The van der Waals surface area contributed by atoms with E-state index in [1.165, 1.54) is 16.7 Å². The second-order valence-electron chi connectivity index (χ2n) is 5.98. The molecule has 1 amide bonds. The number of thioether (sulfide) groups is 1. The number of nitrogens with zero attached hydrogens (tertiary/aromatic N) is 1. The van der Waals surface area contributed by atoms with Crippen LogP contribution in [0.2, 0.25) is 0 Å². The van der Waals surface area contributed by atoms with Gasteiger partial charge in [0.2, 0.25) is 5.91 Å². The highest BCUT2D eigenvalue weighted by Crippen LogP contribution is 2.55. The van der Waals surface area contributed by atoms with Crippen LogP contribution in [0.5, 0.6) is 0 Å². The molecule has 2 aliphatic heterocycles. The first-order valence-electron chi connectivity index (χ1n) is 6.18. The zero-order valence-corrected chi connectivity index (χ0v) is 15.1. The molecule has 0 unspecified atom stereocenters. The summed E-state index contributed by atoms with van der Waals surface area (Å²) in [6.07, 6.45) is 0. The van der Waals surface area contributed by atoms with Crippen LogP contribution in [0.3, 0.4) is 0 Å². The maximum atomic E-state index is 12.0. The molecule has 2 aliphatic rings. The molecular weight excluding hydrogens is 361 g/mol. The van der Waals surface area contributed by atoms with Crippen molar-refractivity contribution in [3.05, 3.63) is 0 Å². The number of hydrogen-bond acceptors (Lipinski definition) is 4. The Morgan fingerprint density at radius 1 is 1.38 bits per heavy atom. The van der Waals surface area contributed by atoms with Gasteiger partial charge in [-0.15, -0.1) is 11.8 Å². The van der Waals surface area contributed by atoms with E-state index in [0.717, 1.165) is 0 Å². The van der Waals surface area contributed by atoms with E-state index in [0.29, 0.717) is 0 Å². The second-order valence-corrected chi connectivity index (χ2v) is 9.73. The monoisotopic (exact) mass is 377 g/mol. The highest BCUT2D eigenvalue weighted by molar-refractivity contribution is 8.01. The molecule has 21 heavy (non-hydrogen) atoms. The molecule has 122 valence electrons. The number of carbonyl (C=O) groups excluding carboxylic acids is 1. The number of rotatable bonds is 2. The molecule has 2 rings (SSSR count). The summed E-state index contributed by atoms with van der Waals surface area (Å²) in [5, 5.41) is 18.9. The van der Waals surface area contributed by atoms with Gasteiger partial charge < -0.3 is 15.1 Å². The first-order valence-corrected chi connectivity index (χ1v) is 8.37. The van der Waals surface area contributed by atoms with Gasteiger partial charge in [0.05, 0.1) is 16.9 Å². The molecule has 3 atom stereocenters. The van der Waals surface area contributed by atoms with Crippen LogP contribution in [0.15, 0.2) is 0 Å². The Labute approximate surface area is 142 Å². The van der Waals surface area contributed by atoms with Gasteiger partial charge in [-0.3, -0.25) is 4.79 Å². The summed E-state index contributed by atoms with van der Waals surface area (Å²) in [6.45, 7) is 6.83. The van der Waals surface area contributed by atoms with E-state index >= 15 is 0 Å². The maximum Gasteiger partial charge on any atom is 0.327 e. The molecule has 5 nitrogen and oxygen atoms in total. The molecule has 0 aromatic heterocycles. The molecule has 2 heterocycles. The summed E-state index contributed by atoms with van der Waals surface area (Å²) in [4.78, 5) is 24.6. The van der Waals surface area contributed by atoms with Crippen LogP contribution in [-0.4, -0.2) is 53.0 Å². The third-order valence-corrected chi connectivity index (χ3v) is 5.01. The van der Waals surface area contributed by atoms with Crippen LogP contribution < -0.4 is 0 Å². The Hall–Kier alpha value is 0.120. The van der Waals surface area contributed by atoms with Crippen molar-refractivity contribution in [2.24, 2.45) is 5.92 Å². The number of alkyl halides is 3. The Morgan fingerprint density at radius 3 is 2.14 bits per heavy atom. The van der Waals surface area contributed by atoms with Gasteiger partial charge in [-0.1, -0.05) is 34.8 Å². The fourth-order valence-electron chi connectivity index (χ4n) is 2.66. The molecule has 2 fully saturated rings. The van der Waals surface area contributed by atoms with Crippen molar-refractivity contribution in [3.63, 3.8) is 0 Å². The lowest BCUT2D eigenvalue weighted by atomic mass is 9.81. The third-order valence-electron chi connectivity index (χ3n) is 3.44. The number of carbonyl (C=O) groups is 2. The molecular formula is C12H18Cl3NO4S. The second kappa shape index (κ2) is 6.32. The minimum atomic E-state index is -1.10. The van der Waals surface area contributed by atoms with E-state index in [2.05, 4.69) is 0 Å². The van der Waals surface area contributed by atoms with Crippen LogP contribution in [-0.2, 0) is 9.59 Å². The Balaban J connectivity index is 0.000000491. The van der Waals surface area contributed by atoms with Gasteiger partial charge in [-0.05, 0) is 27.7 Å². The third kappa shape index (κ3) is 3.91. The Kier molecular flexibility index (Phi) is 5.77. The predicted molar refractivity (Wildman–Crippen MR) is 84.9 cm³/mol. The topological polar surface area (TPSA) is 77.8 Å². The number of fused-ring (bicyclic) bond motifs is 1. The van der Waals surface area contributed by atoms with Crippen molar-refractivity contribution in [1.82, 2.24) is 4.90 Å². The Bertz CT molecular complexity index is 436. The van der Waals surface area contributed by atoms with Crippen LogP contribution >= 0.6 is 46.6 Å². The quantitative estimate of drug-likeness (QED) is 0.570. The lowest BCUT2D eigenvalue weighted by molar-refractivity contribution is -0.174. The van der Waals surface area contributed by atoms with Crippen molar-refractivity contribution in [3.8, 4) is 0 Å². The van der Waals surface area contributed by atoms with Gasteiger partial charge in [-0.2, -0.15) is 0 Å². The fourth-order valence-corrected chi connectivity index (χ4v) is 4.55. The zero-order valence-electron chi connectivity index (χ0n) is 12.0. The molecule has 2 N–H and O–H groups in total. The molecule has 0 radical (unpaired) electrons. The Morgan fingerprint density at radius 2 is 1.81 bits per heavy atom. The molecule has 0 saturated carbocycles. The molecule has 9 heteroatoms. The number of carboxylic acids is 1. The summed E-state index contributed by atoms with van der Waals surface area (Å²) in [6, 6.07) is -0.802. The zero-order chi connectivity index (χ0) is 16.7. The van der Waals surface area contributed by atoms with Crippen molar-refractivity contribution in [2.75, 3.05) is 0 Å². The van der Waals surface area contributed by atoms with E-state index < -0.39 is 32.6 Å². The first-order chi connectivity index (χ1) is 9.30. The van der Waals surface area contributed by atoms with Crippen molar-refractivity contribution < 1.29 is 19.8 Å². The lowest BCUT2D eigenvalue weighted by Crippen LogP contribution is -2.67. The van der Waals surface area contributed by atoms with E-state index in [1.54, 1.807) is 13.8 Å². The minimum absolute atomic E-state index is 0.224. The van der Waals surface area contributed by atoms with Crippen LogP contribution in [0.4, 0.5) is 0 Å². The van der Waals surface area contributed by atoms with Gasteiger partial charge in [0.15, 0.2) is 4.30 Å². The van der Waals surface area contributed by atoms with Crippen LogP contribution in [0, 0.1) is 5.92 Å². The highest BCUT2D eigenvalue weighted by Gasteiger charge is 2.66. The predicted octanol–water partition coefficient (Wildman–Crippen LogP) is 2.51. The fraction of sp³-hybridized carbons (Fsp3) is 0.833. The van der Waals surface area contributed by atoms with Gasteiger partial charge >= 0.3 is 5.97 Å². The van der Waals surface area contributed by atoms with Gasteiger partial charge in [0.25, 0.3) is 0 Å². The molecule has 0 aromatic carbocycles. The number of aliphatic hydroxyl groups is 1. The van der Waals surface area contributed by atoms with Crippen LogP contribution in [0.25, 0.3) is 0 Å². The van der Waals surface area contributed by atoms with E-state index in [4.69, 9.17) is 34.8 Å². The van der Waals surface area contributed by atoms with Gasteiger partial charge in [0.1, 0.15) is 6.04 Å². The normalized spacial score (nSPS) is 30.4. The average Bonchev–Trinajstić information content (AvgIpc) is 2.43. The van der Waals surface area contributed by atoms with E-state index in [1.807, 2.05) is 13.8 Å². The molecule has 2 saturated heterocycles. The molecule has 0 aromatic rings. The maximum absolute atomic E-state index is 12.0. The lowest BCUT2D eigenvalue weighted by Gasteiger charge is -2.48. The minimum Gasteiger partial charge on any atom is -0.480 e. The highest BCUT2D eigenvalue weighted by atomic mass is 35.6. The molecule has 0 aliphatic carbocycles. The summed E-state index contributed by atoms with van der Waals surface area (Å²) in [5.41, 5.74) is -1.10. The number of amides is 1. The molecule has 0 bridgehead atoms. The van der Waals surface area contributed by atoms with E-state index in [-0.39, 0.29) is 11.3 Å². The summed E-state index contributed by atoms with van der Waals surface area (Å²) in [7, 11) is 0. The first kappa shape index (κ1) is 19.2. The van der Waals surface area contributed by atoms with Crippen LogP contribution in [0.1, 0.15) is 27.7 Å². The van der Waals surface area contributed by atoms with Crippen molar-refractivity contribution in [1.29, 1.82) is 0 Å². The van der Waals surface area contributed by atoms with Crippen molar-refractivity contribution in [2.45, 2.75) is 53.8 Å². The summed E-state index contributed by atoms with van der Waals surface area (Å²) < 4.78 is -1.27. The molecule has 0 spiro atoms. The number of carboxylic acid groups (broad SMARTS) is 1. The summed E-state index contributed by atoms with van der Waals surface area (Å²) >= 11 is 15.9. The SMILES string of the molecule is CC(C)(O)[C@@H]1C(=O)N2[C@@H]1SC(C)(C)[C@@H]2C(=O)O.ClC(Cl)Cl. The van der Waals surface area contributed by atoms with Crippen molar-refractivity contribution >= 4 is 58.4 Å². The standard InChI is InChI=1S/C11H17NO4S.CHCl3/c1-10(2,16)5-7(13)12-6(9(14)15)11(3,4)17-8(5)12;2-1(3)4/h5-6,8,16H,1-4H3,(H,14,15);1H/t5-,6+,8-;/m1./s1.